The van der Waals surface area contributed by atoms with Gasteiger partial charge in [-0.3, -0.25) is 14.6 Å². The summed E-state index contributed by atoms with van der Waals surface area (Å²) in [4.78, 5) is 49.7. The maximum absolute atomic E-state index is 13.2. The topological polar surface area (TPSA) is 127 Å². The molecule has 0 radical (unpaired) electrons. The van der Waals surface area contributed by atoms with E-state index < -0.39 is 23.7 Å². The van der Waals surface area contributed by atoms with E-state index in [0.717, 1.165) is 5.56 Å². The van der Waals surface area contributed by atoms with Gasteiger partial charge in [0.05, 0.1) is 25.3 Å². The molecular formula is C24H23N4O5+. The molecule has 0 bridgehead atoms. The summed E-state index contributed by atoms with van der Waals surface area (Å²) in [6, 6.07) is 6.20. The largest absolute Gasteiger partial charge is 0.507 e. The molecule has 4 heterocycles. The molecule has 9 nitrogen and oxygen atoms in total. The van der Waals surface area contributed by atoms with Crippen molar-refractivity contribution >= 4 is 23.4 Å². The van der Waals surface area contributed by atoms with Crippen molar-refractivity contribution in [3.63, 3.8) is 0 Å². The van der Waals surface area contributed by atoms with Gasteiger partial charge < -0.3 is 19.7 Å². The second kappa shape index (κ2) is 8.70. The number of aromatic nitrogens is 3. The molecule has 33 heavy (non-hydrogen) atoms. The van der Waals surface area contributed by atoms with E-state index in [0.29, 0.717) is 22.4 Å². The molecule has 0 aromatic carbocycles. The number of methoxy groups -OCH3 is 1. The molecule has 1 aliphatic rings. The normalized spacial score (nSPS) is 17.4. The number of aliphatic hydroxyl groups excluding tert-OH is 1. The highest BCUT2D eigenvalue weighted by Gasteiger charge is 2.46. The molecule has 168 valence electrons. The van der Waals surface area contributed by atoms with Gasteiger partial charge in [0, 0.05) is 35.3 Å². The Kier molecular flexibility index (Phi) is 5.78. The molecular weight excluding hydrogens is 424 g/mol. The number of ketones is 1. The Morgan fingerprint density at radius 1 is 1.24 bits per heavy atom. The Bertz CT molecular complexity index is 1260. The molecule has 1 saturated heterocycles. The number of likely N-dealkylation sites (tertiary alicyclic amines) is 1. The van der Waals surface area contributed by atoms with Crippen LogP contribution in [0.2, 0.25) is 0 Å². The van der Waals surface area contributed by atoms with Gasteiger partial charge in [-0.25, -0.2) is 9.78 Å². The summed E-state index contributed by atoms with van der Waals surface area (Å²) in [7, 11) is 1.26. The summed E-state index contributed by atoms with van der Waals surface area (Å²) in [6.45, 7) is 3.47. The number of carbonyl (C=O) groups excluding carboxylic acids is 3. The fourth-order valence-electron chi connectivity index (χ4n) is 4.21. The highest BCUT2D eigenvalue weighted by molar-refractivity contribution is 6.46. The summed E-state index contributed by atoms with van der Waals surface area (Å²) in [5, 5.41) is 11.3. The van der Waals surface area contributed by atoms with Crippen LogP contribution in [0.15, 0.2) is 54.6 Å². The van der Waals surface area contributed by atoms with Crippen molar-refractivity contribution in [2.24, 2.45) is 0 Å². The third-order valence-corrected chi connectivity index (χ3v) is 5.75. The van der Waals surface area contributed by atoms with Crippen molar-refractivity contribution in [3.05, 3.63) is 88.3 Å². The van der Waals surface area contributed by atoms with Gasteiger partial charge >= 0.3 is 5.97 Å². The SMILES string of the molecule is COC(=O)c1[nH]c(C)c(C(O)=C2C(=O)C(=O)N(Cc3ccc[nH+]c3)C2c2ccncc2)c1C. The number of rotatable bonds is 5. The maximum Gasteiger partial charge on any atom is 0.354 e. The van der Waals surface area contributed by atoms with Crippen LogP contribution in [0.5, 0.6) is 0 Å². The van der Waals surface area contributed by atoms with E-state index in [9.17, 15) is 19.5 Å². The van der Waals surface area contributed by atoms with Gasteiger partial charge in [-0.05, 0) is 43.2 Å². The number of Topliss-reactive ketones (excluding diaryl/α,β-unsaturated/α-hetero) is 1. The smallest absolute Gasteiger partial charge is 0.354 e. The molecule has 1 atom stereocenters. The third kappa shape index (κ3) is 3.78. The van der Waals surface area contributed by atoms with Gasteiger partial charge in [0.1, 0.15) is 11.5 Å². The van der Waals surface area contributed by atoms with Crippen LogP contribution >= 0.6 is 0 Å². The molecule has 4 rings (SSSR count). The Hall–Kier alpha value is -4.27. The van der Waals surface area contributed by atoms with Gasteiger partial charge in [0.2, 0.25) is 0 Å². The fraction of sp³-hybridized carbons (Fsp3) is 0.208. The summed E-state index contributed by atoms with van der Waals surface area (Å²) >= 11 is 0. The average molecular weight is 447 g/mol. The van der Waals surface area contributed by atoms with E-state index in [2.05, 4.69) is 15.0 Å². The molecule has 1 unspecified atom stereocenters. The Balaban J connectivity index is 1.90. The molecule has 9 heteroatoms. The van der Waals surface area contributed by atoms with Crippen molar-refractivity contribution in [3.8, 4) is 0 Å². The number of carbonyl (C=O) groups is 3. The van der Waals surface area contributed by atoms with Crippen molar-refractivity contribution in [1.82, 2.24) is 14.9 Å². The standard InChI is InChI=1S/C24H22N4O5/c1-13-17(14(2)27-19(13)24(32)33-3)21(29)18-20(16-6-9-25-10-7-16)28(23(31)22(18)30)12-15-5-4-8-26-11-15/h4-11,20,27,29H,12H2,1-3H3/p+1. The zero-order valence-corrected chi connectivity index (χ0v) is 18.4. The van der Waals surface area contributed by atoms with Gasteiger partial charge in [-0.2, -0.15) is 0 Å². The number of H-pyrrole nitrogens is 2. The summed E-state index contributed by atoms with van der Waals surface area (Å²) < 4.78 is 4.80. The first kappa shape index (κ1) is 21.9. The van der Waals surface area contributed by atoms with E-state index in [1.54, 1.807) is 56.8 Å². The molecule has 3 aromatic rings. The average Bonchev–Trinajstić information content (AvgIpc) is 3.27. The van der Waals surface area contributed by atoms with Crippen LogP contribution in [0.1, 0.15) is 44.5 Å². The summed E-state index contributed by atoms with van der Waals surface area (Å²) in [5.41, 5.74) is 2.74. The number of amides is 1. The predicted molar refractivity (Wildman–Crippen MR) is 117 cm³/mol. The molecule has 1 aliphatic heterocycles. The van der Waals surface area contributed by atoms with E-state index in [4.69, 9.17) is 4.74 Å². The quantitative estimate of drug-likeness (QED) is 0.267. The minimum atomic E-state index is -0.830. The zero-order valence-electron chi connectivity index (χ0n) is 18.4. The Labute approximate surface area is 189 Å². The van der Waals surface area contributed by atoms with Gasteiger partial charge in [0.25, 0.3) is 11.7 Å². The van der Waals surface area contributed by atoms with Crippen LogP contribution in [-0.4, -0.2) is 44.7 Å². The van der Waals surface area contributed by atoms with Crippen LogP contribution < -0.4 is 4.98 Å². The summed E-state index contributed by atoms with van der Waals surface area (Å²) in [5.74, 6) is -2.46. The highest BCUT2D eigenvalue weighted by atomic mass is 16.5. The number of aryl methyl sites for hydroxylation is 1. The third-order valence-electron chi connectivity index (χ3n) is 5.75. The van der Waals surface area contributed by atoms with Crippen LogP contribution in [0, 0.1) is 13.8 Å². The van der Waals surface area contributed by atoms with Crippen LogP contribution in [-0.2, 0) is 20.9 Å². The lowest BCUT2D eigenvalue weighted by molar-refractivity contribution is -0.378. The first-order valence-electron chi connectivity index (χ1n) is 10.3. The van der Waals surface area contributed by atoms with Crippen molar-refractivity contribution in [2.75, 3.05) is 7.11 Å². The summed E-state index contributed by atoms with van der Waals surface area (Å²) in [6.07, 6.45) is 6.61. The second-order valence-corrected chi connectivity index (χ2v) is 7.74. The number of pyridine rings is 2. The number of nitrogens with one attached hydrogen (secondary N) is 2. The fourth-order valence-corrected chi connectivity index (χ4v) is 4.21. The minimum Gasteiger partial charge on any atom is -0.507 e. The van der Waals surface area contributed by atoms with Crippen molar-refractivity contribution in [1.29, 1.82) is 0 Å². The molecule has 0 saturated carbocycles. The molecule has 1 fully saturated rings. The van der Waals surface area contributed by atoms with E-state index >= 15 is 0 Å². The van der Waals surface area contributed by atoms with E-state index in [-0.39, 0.29) is 23.6 Å². The van der Waals surface area contributed by atoms with Crippen molar-refractivity contribution < 1.29 is 29.2 Å². The van der Waals surface area contributed by atoms with Crippen molar-refractivity contribution in [2.45, 2.75) is 26.4 Å². The van der Waals surface area contributed by atoms with Crippen LogP contribution in [0.3, 0.4) is 0 Å². The number of esters is 1. The Morgan fingerprint density at radius 3 is 2.61 bits per heavy atom. The van der Waals surface area contributed by atoms with Gasteiger partial charge in [0.15, 0.2) is 12.4 Å². The van der Waals surface area contributed by atoms with Crippen LogP contribution in [0.4, 0.5) is 0 Å². The molecule has 0 aliphatic carbocycles. The number of hydrogen-bond acceptors (Lipinski definition) is 6. The van der Waals surface area contributed by atoms with E-state index in [1.165, 1.54) is 12.0 Å². The van der Waals surface area contributed by atoms with Crippen LogP contribution in [0.25, 0.3) is 5.76 Å². The lowest BCUT2D eigenvalue weighted by atomic mass is 9.94. The van der Waals surface area contributed by atoms with Gasteiger partial charge in [-0.15, -0.1) is 0 Å². The number of ether oxygens (including phenoxy) is 1. The predicted octanol–water partition coefficient (Wildman–Crippen LogP) is 2.25. The minimum absolute atomic E-state index is 0.0484. The first-order chi connectivity index (χ1) is 15.8. The number of aliphatic hydroxyl groups is 1. The maximum atomic E-state index is 13.2. The number of hydrogen-bond donors (Lipinski definition) is 2. The second-order valence-electron chi connectivity index (χ2n) is 7.74. The monoisotopic (exact) mass is 447 g/mol. The molecule has 1 amide bonds. The lowest BCUT2D eigenvalue weighted by Gasteiger charge is -2.24. The van der Waals surface area contributed by atoms with Gasteiger partial charge in [-0.1, -0.05) is 0 Å². The number of nitrogens with zero attached hydrogens (tertiary/aromatic N) is 2. The Morgan fingerprint density at radius 2 is 1.97 bits per heavy atom. The molecule has 3 aromatic heterocycles. The lowest BCUT2D eigenvalue weighted by Crippen LogP contribution is -2.29. The molecule has 0 spiro atoms. The zero-order chi connectivity index (χ0) is 23.7. The highest BCUT2D eigenvalue weighted by Crippen LogP contribution is 2.41. The van der Waals surface area contributed by atoms with E-state index in [1.807, 2.05) is 6.07 Å². The molecule has 3 N–H and O–H groups in total. The first-order valence-corrected chi connectivity index (χ1v) is 10.3. The number of aromatic amines is 2.